The summed E-state index contributed by atoms with van der Waals surface area (Å²) >= 11 is 0. The van der Waals surface area contributed by atoms with E-state index < -0.39 is 5.97 Å². The lowest BCUT2D eigenvalue weighted by Crippen LogP contribution is -2.37. The first-order chi connectivity index (χ1) is 17.4. The van der Waals surface area contributed by atoms with Crippen LogP contribution >= 0.6 is 0 Å². The molecule has 0 aliphatic heterocycles. The molecule has 0 saturated heterocycles. The molecule has 10 heteroatoms. The summed E-state index contributed by atoms with van der Waals surface area (Å²) in [4.78, 5) is 35.8. The van der Waals surface area contributed by atoms with Gasteiger partial charge in [0.25, 0.3) is 5.91 Å². The van der Waals surface area contributed by atoms with Gasteiger partial charge in [0.2, 0.25) is 0 Å². The molecule has 2 heterocycles. The van der Waals surface area contributed by atoms with Gasteiger partial charge >= 0.3 is 5.97 Å². The molecule has 36 heavy (non-hydrogen) atoms. The summed E-state index contributed by atoms with van der Waals surface area (Å²) in [5.41, 5.74) is 8.94. The van der Waals surface area contributed by atoms with Crippen LogP contribution in [0.25, 0.3) is 11.0 Å². The van der Waals surface area contributed by atoms with Crippen molar-refractivity contribution in [1.82, 2.24) is 14.5 Å². The van der Waals surface area contributed by atoms with Crippen molar-refractivity contribution in [3.05, 3.63) is 83.8 Å². The molecule has 0 fully saturated rings. The van der Waals surface area contributed by atoms with Gasteiger partial charge in [-0.05, 0) is 61.5 Å². The zero-order chi connectivity index (χ0) is 25.7. The maximum Gasteiger partial charge on any atom is 0.326 e. The molecule has 0 bridgehead atoms. The molecule has 0 saturated carbocycles. The Hall–Kier alpha value is -4.73. The Bertz CT molecular complexity index is 1400. The van der Waals surface area contributed by atoms with Gasteiger partial charge in [0.05, 0.1) is 24.2 Å². The highest BCUT2D eigenvalue weighted by Crippen LogP contribution is 2.21. The van der Waals surface area contributed by atoms with Gasteiger partial charge in [-0.3, -0.25) is 19.9 Å². The van der Waals surface area contributed by atoms with Gasteiger partial charge in [-0.15, -0.1) is 0 Å². The van der Waals surface area contributed by atoms with Crippen LogP contribution in [-0.2, 0) is 23.1 Å². The number of hydrogen-bond acceptors (Lipinski definition) is 7. The molecule has 4 rings (SSSR count). The molecule has 2 aromatic carbocycles. The number of amidine groups is 1. The fraction of sp³-hybridized carbons (Fsp3) is 0.192. The lowest BCUT2D eigenvalue weighted by atomic mass is 10.1. The van der Waals surface area contributed by atoms with Crippen molar-refractivity contribution in [3.63, 3.8) is 0 Å². The first-order valence-corrected chi connectivity index (χ1v) is 11.4. The first-order valence-electron chi connectivity index (χ1n) is 11.4. The van der Waals surface area contributed by atoms with Gasteiger partial charge in [-0.2, -0.15) is 0 Å². The molecule has 0 aliphatic carbocycles. The molecule has 0 atom stereocenters. The van der Waals surface area contributed by atoms with Crippen molar-refractivity contribution in [1.29, 1.82) is 5.41 Å². The number of benzene rings is 2. The number of aryl methyl sites for hydroxylation is 1. The number of nitrogens with one attached hydrogen (secondary N) is 2. The van der Waals surface area contributed by atoms with E-state index in [1.54, 1.807) is 55.6 Å². The second kappa shape index (κ2) is 10.7. The largest absolute Gasteiger partial charge is 0.465 e. The van der Waals surface area contributed by atoms with E-state index in [9.17, 15) is 9.59 Å². The third-order valence-corrected chi connectivity index (χ3v) is 5.63. The van der Waals surface area contributed by atoms with Crippen molar-refractivity contribution in [2.24, 2.45) is 12.8 Å². The number of aromatic nitrogens is 3. The van der Waals surface area contributed by atoms with Crippen LogP contribution in [0.2, 0.25) is 0 Å². The number of fused-ring (bicyclic) bond motifs is 1. The number of anilines is 2. The van der Waals surface area contributed by atoms with E-state index in [1.165, 1.54) is 4.90 Å². The Morgan fingerprint density at radius 3 is 2.53 bits per heavy atom. The van der Waals surface area contributed by atoms with Crippen LogP contribution in [0.3, 0.4) is 0 Å². The van der Waals surface area contributed by atoms with Crippen LogP contribution in [0.5, 0.6) is 0 Å². The molecule has 1 amide bonds. The van der Waals surface area contributed by atoms with Gasteiger partial charge < -0.3 is 20.4 Å². The zero-order valence-corrected chi connectivity index (χ0v) is 20.1. The maximum absolute atomic E-state index is 13.4. The van der Waals surface area contributed by atoms with Crippen LogP contribution < -0.4 is 16.0 Å². The molecule has 0 radical (unpaired) electrons. The van der Waals surface area contributed by atoms with Crippen molar-refractivity contribution < 1.29 is 14.3 Å². The maximum atomic E-state index is 13.4. The highest BCUT2D eigenvalue weighted by Gasteiger charge is 2.23. The second-order valence-corrected chi connectivity index (χ2v) is 8.02. The number of amides is 1. The van der Waals surface area contributed by atoms with Crippen LogP contribution in [0.1, 0.15) is 28.7 Å². The number of nitrogens with zero attached hydrogens (tertiary/aromatic N) is 4. The molecule has 4 N–H and O–H groups in total. The van der Waals surface area contributed by atoms with Gasteiger partial charge in [0.1, 0.15) is 24.0 Å². The first kappa shape index (κ1) is 24.4. The average molecular weight is 486 g/mol. The Morgan fingerprint density at radius 2 is 1.86 bits per heavy atom. The molecule has 2 aromatic heterocycles. The topological polar surface area (TPSA) is 139 Å². The number of pyridine rings is 1. The molecule has 0 spiro atoms. The van der Waals surface area contributed by atoms with E-state index >= 15 is 0 Å². The SMILES string of the molecule is CCOC(=O)CN(C(=O)c1ccc2c(c1)nc(CNc1ccc(C(=N)N)cc1)n2C)c1ccccn1. The quantitative estimate of drug-likeness (QED) is 0.188. The Kier molecular flexibility index (Phi) is 7.24. The molecular formula is C26H27N7O3. The van der Waals surface area contributed by atoms with Crippen molar-refractivity contribution in [2.45, 2.75) is 13.5 Å². The van der Waals surface area contributed by atoms with Gasteiger partial charge in [-0.25, -0.2) is 9.97 Å². The van der Waals surface area contributed by atoms with Crippen molar-refractivity contribution in [2.75, 3.05) is 23.4 Å². The number of rotatable bonds is 9. The Labute approximate surface area is 208 Å². The summed E-state index contributed by atoms with van der Waals surface area (Å²) < 4.78 is 7.00. The normalized spacial score (nSPS) is 10.7. The zero-order valence-electron chi connectivity index (χ0n) is 20.1. The Balaban J connectivity index is 1.56. The third kappa shape index (κ3) is 5.33. The summed E-state index contributed by atoms with van der Waals surface area (Å²) in [5, 5.41) is 10.8. The van der Waals surface area contributed by atoms with Crippen molar-refractivity contribution >= 4 is 40.3 Å². The van der Waals surface area contributed by atoms with E-state index in [-0.39, 0.29) is 24.9 Å². The number of ether oxygens (including phenoxy) is 1. The predicted molar refractivity (Wildman–Crippen MR) is 138 cm³/mol. The van der Waals surface area contributed by atoms with E-state index in [0.29, 0.717) is 29.0 Å². The number of carbonyl (C=O) groups excluding carboxylic acids is 2. The predicted octanol–water partition coefficient (Wildman–Crippen LogP) is 3.07. The highest BCUT2D eigenvalue weighted by atomic mass is 16.5. The van der Waals surface area contributed by atoms with Gasteiger partial charge in [0.15, 0.2) is 0 Å². The summed E-state index contributed by atoms with van der Waals surface area (Å²) in [6, 6.07) is 17.7. The van der Waals surface area contributed by atoms with Crippen LogP contribution in [0.15, 0.2) is 66.9 Å². The molecule has 0 unspecified atom stereocenters. The third-order valence-electron chi connectivity index (χ3n) is 5.63. The van der Waals surface area contributed by atoms with E-state index in [0.717, 1.165) is 17.0 Å². The Morgan fingerprint density at radius 1 is 1.11 bits per heavy atom. The van der Waals surface area contributed by atoms with Crippen LogP contribution in [-0.4, -0.2) is 45.4 Å². The number of nitrogen functional groups attached to an aromatic ring is 1. The summed E-state index contributed by atoms with van der Waals surface area (Å²) in [6.07, 6.45) is 1.57. The standard InChI is InChI=1S/C26H27N7O3/c1-3-36-24(34)16-33(22-6-4-5-13-29-22)26(35)18-9-12-21-20(14-18)31-23(32(21)2)15-30-19-10-7-17(8-11-19)25(27)28/h4-14,30H,3,15-16H2,1-2H3,(H3,27,28). The van der Waals surface area contributed by atoms with Gasteiger partial charge in [0, 0.05) is 30.1 Å². The van der Waals surface area contributed by atoms with Crippen molar-refractivity contribution in [3.8, 4) is 0 Å². The van der Waals surface area contributed by atoms with Crippen LogP contribution in [0.4, 0.5) is 11.5 Å². The van der Waals surface area contributed by atoms with E-state index in [4.69, 9.17) is 20.9 Å². The van der Waals surface area contributed by atoms with Crippen LogP contribution in [0, 0.1) is 5.41 Å². The number of imidazole rings is 1. The summed E-state index contributed by atoms with van der Waals surface area (Å²) in [7, 11) is 1.91. The molecular weight excluding hydrogens is 458 g/mol. The van der Waals surface area contributed by atoms with E-state index in [1.807, 2.05) is 29.8 Å². The minimum absolute atomic E-state index is 0.0196. The smallest absolute Gasteiger partial charge is 0.326 e. The highest BCUT2D eigenvalue weighted by molar-refractivity contribution is 6.09. The number of hydrogen-bond donors (Lipinski definition) is 3. The number of nitrogens with two attached hydrogens (primary N) is 1. The summed E-state index contributed by atoms with van der Waals surface area (Å²) in [6.45, 7) is 2.15. The average Bonchev–Trinajstić information content (AvgIpc) is 3.21. The lowest BCUT2D eigenvalue weighted by molar-refractivity contribution is -0.141. The number of carbonyl (C=O) groups is 2. The number of esters is 1. The fourth-order valence-electron chi connectivity index (χ4n) is 3.75. The summed E-state index contributed by atoms with van der Waals surface area (Å²) in [5.74, 6) is 0.265. The minimum Gasteiger partial charge on any atom is -0.465 e. The fourth-order valence-corrected chi connectivity index (χ4v) is 3.75. The lowest BCUT2D eigenvalue weighted by Gasteiger charge is -2.20. The molecule has 4 aromatic rings. The second-order valence-electron chi connectivity index (χ2n) is 8.02. The van der Waals surface area contributed by atoms with E-state index in [2.05, 4.69) is 10.3 Å². The molecule has 10 nitrogen and oxygen atoms in total. The minimum atomic E-state index is -0.514. The van der Waals surface area contributed by atoms with Gasteiger partial charge in [-0.1, -0.05) is 6.07 Å². The molecule has 0 aliphatic rings. The molecule has 184 valence electrons. The monoisotopic (exact) mass is 485 g/mol.